The molecule has 0 radical (unpaired) electrons. The average Bonchev–Trinajstić information content (AvgIpc) is 2.38. The van der Waals surface area contributed by atoms with Crippen LogP contribution in [0.3, 0.4) is 0 Å². The van der Waals surface area contributed by atoms with Gasteiger partial charge in [0.2, 0.25) is 0 Å². The number of nitrogens with zero attached hydrogens (tertiary/aromatic N) is 2. The fourth-order valence-electron chi connectivity index (χ4n) is 3.33. The lowest BCUT2D eigenvalue weighted by molar-refractivity contribution is 0.0564. The zero-order valence-corrected chi connectivity index (χ0v) is 11.9. The standard InChI is InChI=1S/C14H28N2/c1-13(2,3)15-8-11-7-12(10-15)16(9-11)14(4,5)6/h11-12H,7-10H2,1-6H3/t11-,12+/m0/s1. The Hall–Kier alpha value is -0.0800. The molecule has 2 rings (SSSR count). The molecule has 2 aliphatic rings. The second kappa shape index (κ2) is 3.71. The highest BCUT2D eigenvalue weighted by molar-refractivity contribution is 5.00. The largest absolute Gasteiger partial charge is 0.297 e. The molecule has 16 heavy (non-hydrogen) atoms. The number of piperidine rings is 1. The summed E-state index contributed by atoms with van der Waals surface area (Å²) >= 11 is 0. The SMILES string of the molecule is CC(C)(C)N1C[C@@H]2C[C@H](C1)N(C(C)(C)C)C2. The number of fused-ring (bicyclic) bond motifs is 2. The fraction of sp³-hybridized carbons (Fsp3) is 1.00. The molecule has 2 heteroatoms. The summed E-state index contributed by atoms with van der Waals surface area (Å²) in [5.41, 5.74) is 0.679. The minimum absolute atomic E-state index is 0.338. The summed E-state index contributed by atoms with van der Waals surface area (Å²) in [5, 5.41) is 0. The minimum atomic E-state index is 0.338. The molecule has 2 aliphatic heterocycles. The highest BCUT2D eigenvalue weighted by Gasteiger charge is 2.44. The predicted molar refractivity (Wildman–Crippen MR) is 69.7 cm³/mol. The van der Waals surface area contributed by atoms with Crippen molar-refractivity contribution in [2.75, 3.05) is 19.6 Å². The van der Waals surface area contributed by atoms with Crippen molar-refractivity contribution in [3.63, 3.8) is 0 Å². The monoisotopic (exact) mass is 224 g/mol. The van der Waals surface area contributed by atoms with E-state index in [0.717, 1.165) is 12.0 Å². The molecule has 0 aromatic heterocycles. The van der Waals surface area contributed by atoms with Gasteiger partial charge in [0.25, 0.3) is 0 Å². The van der Waals surface area contributed by atoms with Crippen molar-refractivity contribution < 1.29 is 0 Å². The van der Waals surface area contributed by atoms with Crippen LogP contribution in [0.5, 0.6) is 0 Å². The molecule has 0 aliphatic carbocycles. The van der Waals surface area contributed by atoms with Crippen molar-refractivity contribution in [2.24, 2.45) is 5.92 Å². The lowest BCUT2D eigenvalue weighted by atomic mass is 9.94. The first-order chi connectivity index (χ1) is 7.18. The lowest BCUT2D eigenvalue weighted by Crippen LogP contribution is -2.53. The van der Waals surface area contributed by atoms with E-state index in [9.17, 15) is 0 Å². The van der Waals surface area contributed by atoms with E-state index < -0.39 is 0 Å². The van der Waals surface area contributed by atoms with Gasteiger partial charge >= 0.3 is 0 Å². The molecule has 2 bridgehead atoms. The van der Waals surface area contributed by atoms with E-state index in [1.807, 2.05) is 0 Å². The molecular weight excluding hydrogens is 196 g/mol. The maximum absolute atomic E-state index is 2.73. The molecule has 0 saturated carbocycles. The Labute approximate surface area is 101 Å². The minimum Gasteiger partial charge on any atom is -0.297 e. The van der Waals surface area contributed by atoms with Gasteiger partial charge in [-0.3, -0.25) is 9.80 Å². The van der Waals surface area contributed by atoms with Gasteiger partial charge in [0.1, 0.15) is 0 Å². The Morgan fingerprint density at radius 2 is 1.44 bits per heavy atom. The van der Waals surface area contributed by atoms with Crippen molar-refractivity contribution in [3.05, 3.63) is 0 Å². The van der Waals surface area contributed by atoms with Crippen molar-refractivity contribution in [3.8, 4) is 0 Å². The Bertz CT molecular complexity index is 257. The summed E-state index contributed by atoms with van der Waals surface area (Å²) in [4.78, 5) is 5.40. The van der Waals surface area contributed by atoms with Gasteiger partial charge in [-0.1, -0.05) is 0 Å². The van der Waals surface area contributed by atoms with Crippen LogP contribution in [0, 0.1) is 5.92 Å². The number of likely N-dealkylation sites (tertiary alicyclic amines) is 2. The molecule has 0 aromatic rings. The predicted octanol–water partition coefficient (Wildman–Crippen LogP) is 2.59. The molecule has 94 valence electrons. The van der Waals surface area contributed by atoms with E-state index in [2.05, 4.69) is 51.3 Å². The highest BCUT2D eigenvalue weighted by atomic mass is 15.3. The molecule has 2 heterocycles. The first-order valence-electron chi connectivity index (χ1n) is 6.70. The van der Waals surface area contributed by atoms with E-state index in [-0.39, 0.29) is 0 Å². The van der Waals surface area contributed by atoms with Crippen LogP contribution in [0.15, 0.2) is 0 Å². The second-order valence-corrected chi connectivity index (χ2v) is 7.65. The van der Waals surface area contributed by atoms with E-state index in [4.69, 9.17) is 0 Å². The van der Waals surface area contributed by atoms with Crippen LogP contribution in [-0.2, 0) is 0 Å². The molecule has 0 unspecified atom stereocenters. The van der Waals surface area contributed by atoms with Crippen molar-refractivity contribution in [2.45, 2.75) is 65.1 Å². The maximum Gasteiger partial charge on any atom is 0.0232 e. The van der Waals surface area contributed by atoms with Gasteiger partial charge in [0, 0.05) is 36.8 Å². The summed E-state index contributed by atoms with van der Waals surface area (Å²) in [7, 11) is 0. The van der Waals surface area contributed by atoms with E-state index >= 15 is 0 Å². The quantitative estimate of drug-likeness (QED) is 0.624. The molecule has 2 atom stereocenters. The van der Waals surface area contributed by atoms with Crippen LogP contribution in [0.2, 0.25) is 0 Å². The first-order valence-corrected chi connectivity index (χ1v) is 6.70. The molecule has 0 aromatic carbocycles. The normalized spacial score (nSPS) is 33.4. The smallest absolute Gasteiger partial charge is 0.0232 e. The van der Waals surface area contributed by atoms with Gasteiger partial charge in [0.05, 0.1) is 0 Å². The summed E-state index contributed by atoms with van der Waals surface area (Å²) in [6.07, 6.45) is 1.42. The fourth-order valence-corrected chi connectivity index (χ4v) is 3.33. The van der Waals surface area contributed by atoms with Gasteiger partial charge in [-0.2, -0.15) is 0 Å². The van der Waals surface area contributed by atoms with Crippen molar-refractivity contribution in [1.29, 1.82) is 0 Å². The Balaban J connectivity index is 2.10. The van der Waals surface area contributed by atoms with Crippen molar-refractivity contribution >= 4 is 0 Å². The number of hydrogen-bond acceptors (Lipinski definition) is 2. The number of hydrogen-bond donors (Lipinski definition) is 0. The van der Waals surface area contributed by atoms with Crippen LogP contribution in [-0.4, -0.2) is 46.6 Å². The zero-order valence-electron chi connectivity index (χ0n) is 11.9. The van der Waals surface area contributed by atoms with Gasteiger partial charge in [0.15, 0.2) is 0 Å². The summed E-state index contributed by atoms with van der Waals surface area (Å²) in [5.74, 6) is 0.900. The molecule has 0 spiro atoms. The third-order valence-electron chi connectivity index (χ3n) is 4.22. The zero-order chi connectivity index (χ0) is 12.1. The van der Waals surface area contributed by atoms with Crippen molar-refractivity contribution in [1.82, 2.24) is 9.80 Å². The van der Waals surface area contributed by atoms with Crippen LogP contribution in [0.4, 0.5) is 0 Å². The van der Waals surface area contributed by atoms with Gasteiger partial charge in [-0.15, -0.1) is 0 Å². The van der Waals surface area contributed by atoms with E-state index in [1.165, 1.54) is 26.1 Å². The summed E-state index contributed by atoms with van der Waals surface area (Å²) in [6.45, 7) is 18.0. The Morgan fingerprint density at radius 1 is 0.812 bits per heavy atom. The lowest BCUT2D eigenvalue weighted by Gasteiger charge is -2.43. The van der Waals surface area contributed by atoms with Crippen LogP contribution >= 0.6 is 0 Å². The Morgan fingerprint density at radius 3 is 1.94 bits per heavy atom. The van der Waals surface area contributed by atoms with Crippen LogP contribution < -0.4 is 0 Å². The maximum atomic E-state index is 2.73. The van der Waals surface area contributed by atoms with E-state index in [1.54, 1.807) is 0 Å². The Kier molecular flexibility index (Phi) is 2.87. The highest BCUT2D eigenvalue weighted by Crippen LogP contribution is 2.36. The second-order valence-electron chi connectivity index (χ2n) is 7.65. The molecule has 0 amide bonds. The van der Waals surface area contributed by atoms with Crippen LogP contribution in [0.25, 0.3) is 0 Å². The van der Waals surface area contributed by atoms with Gasteiger partial charge in [-0.25, -0.2) is 0 Å². The third-order valence-corrected chi connectivity index (χ3v) is 4.22. The molecule has 2 saturated heterocycles. The van der Waals surface area contributed by atoms with E-state index in [0.29, 0.717) is 11.1 Å². The first kappa shape index (κ1) is 12.4. The average molecular weight is 224 g/mol. The molecule has 2 fully saturated rings. The van der Waals surface area contributed by atoms with Gasteiger partial charge < -0.3 is 0 Å². The van der Waals surface area contributed by atoms with Gasteiger partial charge in [-0.05, 0) is 53.9 Å². The third kappa shape index (κ3) is 2.28. The number of rotatable bonds is 0. The van der Waals surface area contributed by atoms with Crippen LogP contribution in [0.1, 0.15) is 48.0 Å². The topological polar surface area (TPSA) is 6.48 Å². The summed E-state index contributed by atoms with van der Waals surface area (Å²) < 4.78 is 0. The molecular formula is C14H28N2. The summed E-state index contributed by atoms with van der Waals surface area (Å²) in [6, 6.07) is 0.790. The molecule has 0 N–H and O–H groups in total. The molecule has 2 nitrogen and oxygen atoms in total.